The first kappa shape index (κ1) is 9.44. The third kappa shape index (κ3) is 2.17. The van der Waals surface area contributed by atoms with Crippen LogP contribution in [0.5, 0.6) is 0 Å². The molecular formula is C5H8Cl2N4O. The molecule has 0 saturated carbocycles. The zero-order valence-electron chi connectivity index (χ0n) is 6.58. The summed E-state index contributed by atoms with van der Waals surface area (Å²) in [5.74, 6) is 0.428. The van der Waals surface area contributed by atoms with E-state index in [2.05, 4.69) is 10.5 Å². The Labute approximate surface area is 80.3 Å². The third-order valence-electron chi connectivity index (χ3n) is 1.16. The second-order valence-corrected chi connectivity index (χ2v) is 2.90. The van der Waals surface area contributed by atoms with Gasteiger partial charge in [-0.1, -0.05) is 10.3 Å². The highest BCUT2D eigenvalue weighted by Gasteiger charge is 2.14. The SMILES string of the molecule is COC1=NN(N(Cl)Cl)NC(C)=C1. The molecule has 0 amide bonds. The average Bonchev–Trinajstić information content (AvgIpc) is 2.03. The lowest BCUT2D eigenvalue weighted by atomic mass is 10.4. The Kier molecular flexibility index (Phi) is 3.02. The van der Waals surface area contributed by atoms with Gasteiger partial charge >= 0.3 is 0 Å². The minimum absolute atomic E-state index is 0.428. The van der Waals surface area contributed by atoms with Gasteiger partial charge in [0.05, 0.1) is 7.11 Å². The van der Waals surface area contributed by atoms with Gasteiger partial charge in [0.15, 0.2) is 0 Å². The normalized spacial score (nSPS) is 16.9. The number of nitrogens with zero attached hydrogens (tertiary/aromatic N) is 3. The van der Waals surface area contributed by atoms with E-state index in [-0.39, 0.29) is 0 Å². The van der Waals surface area contributed by atoms with Gasteiger partial charge in [-0.2, -0.15) is 0 Å². The molecule has 0 aromatic heterocycles. The lowest BCUT2D eigenvalue weighted by Crippen LogP contribution is -2.40. The van der Waals surface area contributed by atoms with Crippen LogP contribution in [0.1, 0.15) is 6.92 Å². The second kappa shape index (κ2) is 3.84. The number of halogens is 2. The smallest absolute Gasteiger partial charge is 0.236 e. The summed E-state index contributed by atoms with van der Waals surface area (Å²) in [5.41, 5.74) is 3.60. The molecule has 0 aromatic rings. The summed E-state index contributed by atoms with van der Waals surface area (Å²) in [4.78, 5) is 0. The lowest BCUT2D eigenvalue weighted by molar-refractivity contribution is 0.0859. The summed E-state index contributed by atoms with van der Waals surface area (Å²) in [6, 6.07) is 0. The van der Waals surface area contributed by atoms with Crippen molar-refractivity contribution in [3.05, 3.63) is 11.8 Å². The summed E-state index contributed by atoms with van der Waals surface area (Å²) < 4.78 is 5.65. The topological polar surface area (TPSA) is 40.1 Å². The maximum atomic E-state index is 5.42. The fourth-order valence-corrected chi connectivity index (χ4v) is 0.837. The molecule has 0 spiro atoms. The van der Waals surface area contributed by atoms with E-state index in [0.717, 1.165) is 15.0 Å². The molecule has 0 aliphatic carbocycles. The molecule has 1 heterocycles. The van der Waals surface area contributed by atoms with Crippen LogP contribution in [0.3, 0.4) is 0 Å². The van der Waals surface area contributed by atoms with Crippen LogP contribution in [-0.2, 0) is 4.74 Å². The first-order chi connectivity index (χ1) is 5.63. The van der Waals surface area contributed by atoms with Gasteiger partial charge in [-0.3, -0.25) is 5.43 Å². The molecule has 5 nitrogen and oxygen atoms in total. The molecule has 0 fully saturated rings. The molecule has 1 N–H and O–H groups in total. The van der Waals surface area contributed by atoms with E-state index in [9.17, 15) is 0 Å². The van der Waals surface area contributed by atoms with E-state index in [1.165, 1.54) is 7.11 Å². The van der Waals surface area contributed by atoms with Gasteiger partial charge in [0.1, 0.15) is 0 Å². The highest BCUT2D eigenvalue weighted by atomic mass is 35.5. The zero-order chi connectivity index (χ0) is 9.14. The molecule has 68 valence electrons. The van der Waals surface area contributed by atoms with E-state index in [0.29, 0.717) is 5.90 Å². The number of allylic oxidation sites excluding steroid dienone is 1. The van der Waals surface area contributed by atoms with E-state index in [1.54, 1.807) is 6.08 Å². The molecule has 1 aliphatic heterocycles. The standard InChI is InChI=1S/C5H8Cl2N4O/c1-4-3-5(12-2)9-11(8-4)10(6)7/h3,8H,1-2H3. The van der Waals surface area contributed by atoms with Crippen molar-refractivity contribution in [2.24, 2.45) is 5.10 Å². The highest BCUT2D eigenvalue weighted by Crippen LogP contribution is 2.10. The van der Waals surface area contributed by atoms with E-state index >= 15 is 0 Å². The van der Waals surface area contributed by atoms with Gasteiger partial charge in [-0.05, 0) is 11.0 Å². The molecule has 0 atom stereocenters. The summed E-state index contributed by atoms with van der Waals surface area (Å²) in [7, 11) is 1.51. The Bertz CT molecular complexity index is 227. The molecule has 0 bridgehead atoms. The predicted octanol–water partition coefficient (Wildman–Crippen LogP) is 1.19. The van der Waals surface area contributed by atoms with Crippen molar-refractivity contribution in [1.29, 1.82) is 0 Å². The van der Waals surface area contributed by atoms with Crippen molar-refractivity contribution in [2.45, 2.75) is 6.92 Å². The van der Waals surface area contributed by atoms with Crippen molar-refractivity contribution in [2.75, 3.05) is 7.11 Å². The molecular weight excluding hydrogens is 203 g/mol. The summed E-state index contributed by atoms with van der Waals surface area (Å²) >= 11 is 10.8. The van der Waals surface area contributed by atoms with Gasteiger partial charge in [-0.25, -0.2) is 0 Å². The predicted molar refractivity (Wildman–Crippen MR) is 46.7 cm³/mol. The summed E-state index contributed by atoms with van der Waals surface area (Å²) in [6.45, 7) is 1.83. The van der Waals surface area contributed by atoms with Gasteiger partial charge in [-0.15, -0.1) is 0 Å². The number of nitrogens with one attached hydrogen (secondary N) is 1. The monoisotopic (exact) mass is 210 g/mol. The van der Waals surface area contributed by atoms with Crippen molar-refractivity contribution in [1.82, 2.24) is 14.7 Å². The number of hydrazine groups is 2. The average molecular weight is 211 g/mol. The second-order valence-electron chi connectivity index (χ2n) is 2.09. The van der Waals surface area contributed by atoms with Crippen molar-refractivity contribution in [3.63, 3.8) is 0 Å². The summed E-state index contributed by atoms with van der Waals surface area (Å²) in [5, 5.41) is 4.99. The molecule has 12 heavy (non-hydrogen) atoms. The Morgan fingerprint density at radius 3 is 2.83 bits per heavy atom. The molecule has 0 saturated heterocycles. The molecule has 1 rings (SSSR count). The fraction of sp³-hybridized carbons (Fsp3) is 0.400. The highest BCUT2D eigenvalue weighted by molar-refractivity contribution is 6.33. The van der Waals surface area contributed by atoms with Crippen LogP contribution < -0.4 is 5.43 Å². The Balaban J connectivity index is 2.74. The number of hydrazone groups is 1. The lowest BCUT2D eigenvalue weighted by Gasteiger charge is -2.25. The molecule has 0 aromatic carbocycles. The molecule has 0 unspecified atom stereocenters. The number of ether oxygens (including phenoxy) is 1. The maximum absolute atomic E-state index is 5.42. The van der Waals surface area contributed by atoms with Gasteiger partial charge in [0.2, 0.25) is 5.90 Å². The van der Waals surface area contributed by atoms with Crippen molar-refractivity contribution in [3.8, 4) is 0 Å². The quantitative estimate of drug-likeness (QED) is 0.661. The van der Waals surface area contributed by atoms with E-state index < -0.39 is 0 Å². The number of rotatable bonds is 1. The Morgan fingerprint density at radius 2 is 2.33 bits per heavy atom. The first-order valence-corrected chi connectivity index (χ1v) is 3.80. The Hall–Kier alpha value is -0.650. The van der Waals surface area contributed by atoms with Crippen LogP contribution in [0, 0.1) is 0 Å². The summed E-state index contributed by atoms with van der Waals surface area (Å²) in [6.07, 6.45) is 1.72. The number of methoxy groups -OCH3 is 1. The number of hydrogen-bond acceptors (Lipinski definition) is 5. The third-order valence-corrected chi connectivity index (χ3v) is 1.45. The van der Waals surface area contributed by atoms with Gasteiger partial charge < -0.3 is 4.74 Å². The number of hydrogen-bond donors (Lipinski definition) is 1. The largest absolute Gasteiger partial charge is 0.480 e. The minimum atomic E-state index is 0.428. The van der Waals surface area contributed by atoms with Crippen LogP contribution in [0.25, 0.3) is 0 Å². The van der Waals surface area contributed by atoms with Crippen molar-refractivity contribution < 1.29 is 4.74 Å². The van der Waals surface area contributed by atoms with Crippen LogP contribution in [0.15, 0.2) is 16.9 Å². The van der Waals surface area contributed by atoms with Gasteiger partial charge in [0, 0.05) is 35.3 Å². The fourth-order valence-electron chi connectivity index (χ4n) is 0.694. The zero-order valence-corrected chi connectivity index (χ0v) is 8.10. The van der Waals surface area contributed by atoms with Gasteiger partial charge in [0.25, 0.3) is 0 Å². The van der Waals surface area contributed by atoms with Crippen LogP contribution in [-0.4, -0.2) is 22.3 Å². The Morgan fingerprint density at radius 1 is 1.67 bits per heavy atom. The van der Waals surface area contributed by atoms with Crippen LogP contribution in [0.2, 0.25) is 0 Å². The van der Waals surface area contributed by atoms with E-state index in [1.807, 2.05) is 6.92 Å². The first-order valence-electron chi connectivity index (χ1n) is 3.12. The van der Waals surface area contributed by atoms with Crippen molar-refractivity contribution >= 4 is 29.5 Å². The molecule has 0 radical (unpaired) electrons. The molecule has 1 aliphatic rings. The van der Waals surface area contributed by atoms with E-state index in [4.69, 9.17) is 28.3 Å². The minimum Gasteiger partial charge on any atom is -0.480 e. The van der Waals surface area contributed by atoms with Crippen LogP contribution >= 0.6 is 23.6 Å². The molecule has 7 heteroatoms. The maximum Gasteiger partial charge on any atom is 0.236 e. The van der Waals surface area contributed by atoms with Crippen LogP contribution in [0.4, 0.5) is 0 Å².